The largest absolute Gasteiger partial charge is 0.344 e. The zero-order valence-electron chi connectivity index (χ0n) is 13.5. The fourth-order valence-electron chi connectivity index (χ4n) is 3.30. The van der Waals surface area contributed by atoms with Gasteiger partial charge in [-0.25, -0.2) is 0 Å². The summed E-state index contributed by atoms with van der Waals surface area (Å²) in [6, 6.07) is 12.0. The summed E-state index contributed by atoms with van der Waals surface area (Å²) in [5.74, 6) is -0.170. The van der Waals surface area contributed by atoms with Crippen molar-refractivity contribution >= 4 is 40.4 Å². The zero-order valence-corrected chi connectivity index (χ0v) is 15.8. The van der Waals surface area contributed by atoms with E-state index in [0.717, 1.165) is 18.5 Å². The Hall–Kier alpha value is -1.07. The molecule has 6 heteroatoms. The Morgan fingerprint density at radius 2 is 2.04 bits per heavy atom. The number of benzene rings is 1. The summed E-state index contributed by atoms with van der Waals surface area (Å²) in [6.07, 6.45) is 3.45. The number of carbonyl (C=O) groups is 1. The van der Waals surface area contributed by atoms with E-state index in [2.05, 4.69) is 29.4 Å². The van der Waals surface area contributed by atoms with Gasteiger partial charge in [0.05, 0.1) is 15.9 Å². The van der Waals surface area contributed by atoms with Gasteiger partial charge < -0.3 is 10.2 Å². The molecule has 0 bridgehead atoms. The molecule has 0 unspecified atom stereocenters. The van der Waals surface area contributed by atoms with E-state index in [0.29, 0.717) is 14.2 Å². The maximum absolute atomic E-state index is 12.7. The predicted octanol–water partition coefficient (Wildman–Crippen LogP) is 5.01. The Kier molecular flexibility index (Phi) is 5.82. The molecule has 0 spiro atoms. The monoisotopic (exact) mass is 382 g/mol. The smallest absolute Gasteiger partial charge is 0.254 e. The number of nitrogens with zero attached hydrogens (tertiary/aromatic N) is 1. The molecule has 2 aromatic rings. The Morgan fingerprint density at radius 3 is 2.67 bits per heavy atom. The number of halogens is 2. The van der Waals surface area contributed by atoms with Gasteiger partial charge in [-0.15, -0.1) is 11.3 Å². The molecule has 1 aliphatic heterocycles. The molecule has 1 aromatic heterocycles. The van der Waals surface area contributed by atoms with Gasteiger partial charge in [0.2, 0.25) is 0 Å². The van der Waals surface area contributed by atoms with Crippen molar-refractivity contribution in [1.82, 2.24) is 10.2 Å². The highest BCUT2D eigenvalue weighted by molar-refractivity contribution is 7.20. The fraction of sp³-hybridized carbons (Fsp3) is 0.389. The van der Waals surface area contributed by atoms with Crippen molar-refractivity contribution in [2.45, 2.75) is 31.3 Å². The molecule has 2 atom stereocenters. The van der Waals surface area contributed by atoms with Gasteiger partial charge in [0, 0.05) is 6.04 Å². The lowest BCUT2D eigenvalue weighted by Gasteiger charge is -2.38. The van der Waals surface area contributed by atoms with Crippen LogP contribution in [0.1, 0.15) is 41.2 Å². The highest BCUT2D eigenvalue weighted by Gasteiger charge is 2.30. The first-order chi connectivity index (χ1) is 11.6. The van der Waals surface area contributed by atoms with Crippen LogP contribution in [0.15, 0.2) is 36.4 Å². The van der Waals surface area contributed by atoms with Crippen LogP contribution in [-0.2, 0) is 0 Å². The van der Waals surface area contributed by atoms with Gasteiger partial charge in [-0.05, 0) is 38.1 Å². The van der Waals surface area contributed by atoms with E-state index in [-0.39, 0.29) is 18.0 Å². The molecule has 3 nitrogen and oxygen atoms in total. The van der Waals surface area contributed by atoms with Crippen LogP contribution in [0.25, 0.3) is 0 Å². The summed E-state index contributed by atoms with van der Waals surface area (Å²) in [5.41, 5.74) is 1.56. The van der Waals surface area contributed by atoms with Crippen LogP contribution in [0.3, 0.4) is 0 Å². The van der Waals surface area contributed by atoms with Crippen LogP contribution in [-0.4, -0.2) is 30.4 Å². The molecule has 0 saturated carbocycles. The number of likely N-dealkylation sites (tertiary alicyclic amines) is 1. The summed E-state index contributed by atoms with van der Waals surface area (Å²) in [7, 11) is 2.13. The molecule has 1 aliphatic rings. The van der Waals surface area contributed by atoms with E-state index < -0.39 is 0 Å². The number of thiophene rings is 1. The number of hydrogen-bond acceptors (Lipinski definition) is 3. The molecule has 1 aromatic carbocycles. The summed E-state index contributed by atoms with van der Waals surface area (Å²) in [4.78, 5) is 15.1. The van der Waals surface area contributed by atoms with E-state index in [4.69, 9.17) is 23.2 Å². The Labute approximate surface area is 156 Å². The lowest BCUT2D eigenvalue weighted by Crippen LogP contribution is -2.47. The first kappa shape index (κ1) is 17.7. The van der Waals surface area contributed by atoms with Gasteiger partial charge in [0.1, 0.15) is 4.34 Å². The third-order valence-electron chi connectivity index (χ3n) is 4.56. The molecular weight excluding hydrogens is 363 g/mol. The second-order valence-corrected chi connectivity index (χ2v) is 8.43. The van der Waals surface area contributed by atoms with Crippen LogP contribution in [0.4, 0.5) is 0 Å². The maximum atomic E-state index is 12.7. The highest BCUT2D eigenvalue weighted by atomic mass is 35.5. The van der Waals surface area contributed by atoms with E-state index in [1.165, 1.54) is 24.2 Å². The zero-order chi connectivity index (χ0) is 17.1. The van der Waals surface area contributed by atoms with E-state index in [1.807, 2.05) is 18.2 Å². The molecule has 2 heterocycles. The third-order valence-corrected chi connectivity index (χ3v) is 6.05. The molecule has 1 amide bonds. The van der Waals surface area contributed by atoms with Crippen molar-refractivity contribution in [1.29, 1.82) is 0 Å². The minimum atomic E-state index is -0.170. The first-order valence-corrected chi connectivity index (χ1v) is 9.64. The molecule has 0 aliphatic carbocycles. The fourth-order valence-corrected chi connectivity index (χ4v) is 4.76. The summed E-state index contributed by atoms with van der Waals surface area (Å²) in [6.45, 7) is 1.05. The minimum absolute atomic E-state index is 0.0706. The second-order valence-electron chi connectivity index (χ2n) is 6.14. The quantitative estimate of drug-likeness (QED) is 0.805. The maximum Gasteiger partial charge on any atom is 0.254 e. The van der Waals surface area contributed by atoms with E-state index in [1.54, 1.807) is 6.07 Å². The normalized spacial score (nSPS) is 19.9. The van der Waals surface area contributed by atoms with Crippen molar-refractivity contribution in [3.8, 4) is 0 Å². The number of piperidine rings is 1. The summed E-state index contributed by atoms with van der Waals surface area (Å²) >= 11 is 13.3. The average molecular weight is 383 g/mol. The molecule has 24 heavy (non-hydrogen) atoms. The van der Waals surface area contributed by atoms with E-state index >= 15 is 0 Å². The SMILES string of the molecule is CN1CCCC[C@H]1[C@@H](NC(=O)c1cc(Cl)sc1Cl)c1ccccc1. The second kappa shape index (κ2) is 7.87. The van der Waals surface area contributed by atoms with Crippen molar-refractivity contribution in [3.63, 3.8) is 0 Å². The molecular formula is C18H20Cl2N2OS. The highest BCUT2D eigenvalue weighted by Crippen LogP contribution is 2.33. The summed E-state index contributed by atoms with van der Waals surface area (Å²) in [5, 5.41) is 3.19. The summed E-state index contributed by atoms with van der Waals surface area (Å²) < 4.78 is 0.956. The molecule has 3 rings (SSSR count). The number of nitrogens with one attached hydrogen (secondary N) is 1. The number of amides is 1. The Balaban J connectivity index is 1.87. The van der Waals surface area contributed by atoms with Gasteiger partial charge in [0.15, 0.2) is 0 Å². The molecule has 1 fully saturated rings. The van der Waals surface area contributed by atoms with Gasteiger partial charge in [-0.1, -0.05) is 60.0 Å². The van der Waals surface area contributed by atoms with Gasteiger partial charge in [-0.3, -0.25) is 4.79 Å². The van der Waals surface area contributed by atoms with Crippen LogP contribution in [0.5, 0.6) is 0 Å². The van der Waals surface area contributed by atoms with Crippen molar-refractivity contribution in [3.05, 3.63) is 56.2 Å². The number of carbonyl (C=O) groups excluding carboxylic acids is 1. The number of likely N-dealkylation sites (N-methyl/N-ethyl adjacent to an activating group) is 1. The van der Waals surface area contributed by atoms with Gasteiger partial charge in [0.25, 0.3) is 5.91 Å². The topological polar surface area (TPSA) is 32.3 Å². The van der Waals surface area contributed by atoms with Crippen molar-refractivity contribution in [2.24, 2.45) is 0 Å². The Morgan fingerprint density at radius 1 is 1.29 bits per heavy atom. The predicted molar refractivity (Wildman–Crippen MR) is 101 cm³/mol. The number of hydrogen-bond donors (Lipinski definition) is 1. The van der Waals surface area contributed by atoms with Crippen LogP contribution in [0, 0.1) is 0 Å². The molecule has 0 radical (unpaired) electrons. The minimum Gasteiger partial charge on any atom is -0.344 e. The lowest BCUT2D eigenvalue weighted by molar-refractivity contribution is 0.0871. The van der Waals surface area contributed by atoms with Gasteiger partial charge in [-0.2, -0.15) is 0 Å². The van der Waals surface area contributed by atoms with Crippen LogP contribution >= 0.6 is 34.5 Å². The molecule has 128 valence electrons. The standard InChI is InChI=1S/C18H20Cl2N2OS/c1-22-10-6-5-9-14(22)16(12-7-3-2-4-8-12)21-18(23)13-11-15(19)24-17(13)20/h2-4,7-8,11,14,16H,5-6,9-10H2,1H3,(H,21,23)/t14-,16-/m0/s1. The van der Waals surface area contributed by atoms with Gasteiger partial charge >= 0.3 is 0 Å². The molecule has 1 N–H and O–H groups in total. The van der Waals surface area contributed by atoms with Crippen LogP contribution in [0.2, 0.25) is 8.67 Å². The number of rotatable bonds is 4. The van der Waals surface area contributed by atoms with Crippen molar-refractivity contribution in [2.75, 3.05) is 13.6 Å². The lowest BCUT2D eigenvalue weighted by atomic mass is 9.91. The first-order valence-electron chi connectivity index (χ1n) is 8.07. The average Bonchev–Trinajstić information content (AvgIpc) is 2.92. The third kappa shape index (κ3) is 3.94. The molecule has 1 saturated heterocycles. The van der Waals surface area contributed by atoms with Crippen LogP contribution < -0.4 is 5.32 Å². The Bertz CT molecular complexity index is 704. The van der Waals surface area contributed by atoms with Crippen molar-refractivity contribution < 1.29 is 4.79 Å². The van der Waals surface area contributed by atoms with E-state index in [9.17, 15) is 4.79 Å².